The molecule has 3 atom stereocenters. The van der Waals surface area contributed by atoms with Crippen molar-refractivity contribution in [3.63, 3.8) is 0 Å². The van der Waals surface area contributed by atoms with Gasteiger partial charge in [0.15, 0.2) is 0 Å². The van der Waals surface area contributed by atoms with Gasteiger partial charge in [0.1, 0.15) is 6.04 Å². The minimum atomic E-state index is -0.482. The molecule has 0 aromatic rings. The van der Waals surface area contributed by atoms with Gasteiger partial charge in [-0.25, -0.2) is 0 Å². The van der Waals surface area contributed by atoms with E-state index in [1.165, 1.54) is 0 Å². The number of carbonyl (C=O) groups is 1. The average Bonchev–Trinajstić information content (AvgIpc) is 2.13. The Kier molecular flexibility index (Phi) is 6.57. The van der Waals surface area contributed by atoms with Crippen LogP contribution in [-0.2, 0) is 9.53 Å². The summed E-state index contributed by atoms with van der Waals surface area (Å²) in [5, 5.41) is 0. The molecule has 0 aromatic carbocycles. The van der Waals surface area contributed by atoms with Crippen molar-refractivity contribution in [3.05, 3.63) is 0 Å². The van der Waals surface area contributed by atoms with E-state index in [-0.39, 0.29) is 18.0 Å². The summed E-state index contributed by atoms with van der Waals surface area (Å²) < 4.78 is 5.28. The SMILES string of the molecule is CCC(C)C(N)C(=O)OC(C)CC(C)C. The van der Waals surface area contributed by atoms with Crippen LogP contribution in [0, 0.1) is 11.8 Å². The first-order valence-corrected chi connectivity index (χ1v) is 5.84. The highest BCUT2D eigenvalue weighted by molar-refractivity contribution is 5.75. The molecule has 3 unspecified atom stereocenters. The number of esters is 1. The summed E-state index contributed by atoms with van der Waals surface area (Å²) in [5.41, 5.74) is 5.78. The number of nitrogens with two attached hydrogens (primary N) is 1. The van der Waals surface area contributed by atoms with Crippen molar-refractivity contribution in [2.75, 3.05) is 0 Å². The third-order valence-corrected chi connectivity index (χ3v) is 2.65. The predicted molar refractivity (Wildman–Crippen MR) is 62.4 cm³/mol. The van der Waals surface area contributed by atoms with E-state index in [2.05, 4.69) is 13.8 Å². The van der Waals surface area contributed by atoms with Gasteiger partial charge in [0.2, 0.25) is 0 Å². The van der Waals surface area contributed by atoms with Crippen molar-refractivity contribution in [2.45, 2.75) is 59.6 Å². The Morgan fingerprint density at radius 3 is 2.20 bits per heavy atom. The van der Waals surface area contributed by atoms with Crippen LogP contribution in [0.2, 0.25) is 0 Å². The Labute approximate surface area is 93.4 Å². The van der Waals surface area contributed by atoms with Gasteiger partial charge in [0.05, 0.1) is 6.10 Å². The van der Waals surface area contributed by atoms with Crippen LogP contribution in [0.4, 0.5) is 0 Å². The molecule has 0 aliphatic rings. The van der Waals surface area contributed by atoms with E-state index in [4.69, 9.17) is 10.5 Å². The van der Waals surface area contributed by atoms with E-state index < -0.39 is 6.04 Å². The summed E-state index contributed by atoms with van der Waals surface area (Å²) >= 11 is 0. The Bertz CT molecular complexity index is 192. The van der Waals surface area contributed by atoms with Gasteiger partial charge in [-0.3, -0.25) is 4.79 Å². The molecule has 15 heavy (non-hydrogen) atoms. The molecule has 0 amide bonds. The molecule has 0 spiro atoms. The van der Waals surface area contributed by atoms with Crippen LogP contribution in [0.15, 0.2) is 0 Å². The molecule has 0 heterocycles. The van der Waals surface area contributed by atoms with Gasteiger partial charge in [-0.15, -0.1) is 0 Å². The fourth-order valence-electron chi connectivity index (χ4n) is 1.48. The molecule has 0 bridgehead atoms. The topological polar surface area (TPSA) is 52.3 Å². The Hall–Kier alpha value is -0.570. The highest BCUT2D eigenvalue weighted by Crippen LogP contribution is 2.11. The standard InChI is InChI=1S/C12H25NO2/c1-6-9(4)11(13)12(14)15-10(5)7-8(2)3/h8-11H,6-7,13H2,1-5H3. The highest BCUT2D eigenvalue weighted by atomic mass is 16.5. The molecule has 0 aromatic heterocycles. The number of carbonyl (C=O) groups excluding carboxylic acids is 1. The predicted octanol–water partition coefficient (Wildman–Crippen LogP) is 2.34. The van der Waals surface area contributed by atoms with Crippen LogP contribution in [0.3, 0.4) is 0 Å². The summed E-state index contributed by atoms with van der Waals surface area (Å²) in [6.45, 7) is 10.1. The molecular weight excluding hydrogens is 190 g/mol. The normalized spacial score (nSPS) is 17.3. The summed E-state index contributed by atoms with van der Waals surface area (Å²) in [4.78, 5) is 11.6. The molecule has 2 N–H and O–H groups in total. The van der Waals surface area contributed by atoms with Gasteiger partial charge in [0.25, 0.3) is 0 Å². The molecule has 0 radical (unpaired) electrons. The second-order valence-corrected chi connectivity index (χ2v) is 4.79. The van der Waals surface area contributed by atoms with Crippen LogP contribution in [0.5, 0.6) is 0 Å². The molecule has 3 nitrogen and oxygen atoms in total. The van der Waals surface area contributed by atoms with Crippen molar-refractivity contribution >= 4 is 5.97 Å². The van der Waals surface area contributed by atoms with E-state index in [0.717, 1.165) is 12.8 Å². The van der Waals surface area contributed by atoms with Crippen molar-refractivity contribution in [1.82, 2.24) is 0 Å². The van der Waals surface area contributed by atoms with Crippen molar-refractivity contribution in [2.24, 2.45) is 17.6 Å². The number of ether oxygens (including phenoxy) is 1. The van der Waals surface area contributed by atoms with E-state index in [1.54, 1.807) is 0 Å². The van der Waals surface area contributed by atoms with Crippen LogP contribution in [-0.4, -0.2) is 18.1 Å². The first-order chi connectivity index (χ1) is 6.88. The lowest BCUT2D eigenvalue weighted by molar-refractivity contribution is -0.151. The monoisotopic (exact) mass is 215 g/mol. The maximum atomic E-state index is 11.6. The second-order valence-electron chi connectivity index (χ2n) is 4.79. The molecule has 3 heteroatoms. The fourth-order valence-corrected chi connectivity index (χ4v) is 1.48. The van der Waals surface area contributed by atoms with Crippen LogP contribution in [0.1, 0.15) is 47.5 Å². The molecule has 0 rings (SSSR count). The maximum Gasteiger partial charge on any atom is 0.323 e. The molecular formula is C12H25NO2. The summed E-state index contributed by atoms with van der Waals surface area (Å²) in [6, 6.07) is -0.482. The van der Waals surface area contributed by atoms with E-state index in [9.17, 15) is 4.79 Å². The lowest BCUT2D eigenvalue weighted by Gasteiger charge is -2.21. The van der Waals surface area contributed by atoms with Crippen molar-refractivity contribution in [3.8, 4) is 0 Å². The number of hydrogen-bond acceptors (Lipinski definition) is 3. The molecule has 90 valence electrons. The zero-order valence-corrected chi connectivity index (χ0v) is 10.6. The number of rotatable bonds is 6. The van der Waals surface area contributed by atoms with E-state index in [0.29, 0.717) is 5.92 Å². The maximum absolute atomic E-state index is 11.6. The first-order valence-electron chi connectivity index (χ1n) is 5.84. The quantitative estimate of drug-likeness (QED) is 0.692. The van der Waals surface area contributed by atoms with Crippen LogP contribution >= 0.6 is 0 Å². The van der Waals surface area contributed by atoms with Crippen LogP contribution in [0.25, 0.3) is 0 Å². The van der Waals surface area contributed by atoms with Crippen molar-refractivity contribution in [1.29, 1.82) is 0 Å². The third kappa shape index (κ3) is 5.78. The smallest absolute Gasteiger partial charge is 0.323 e. The van der Waals surface area contributed by atoms with Gasteiger partial charge in [-0.05, 0) is 25.2 Å². The fraction of sp³-hybridized carbons (Fsp3) is 0.917. The Morgan fingerprint density at radius 1 is 1.27 bits per heavy atom. The van der Waals surface area contributed by atoms with Gasteiger partial charge in [-0.1, -0.05) is 34.1 Å². The molecule has 0 fully saturated rings. The molecule has 0 aliphatic carbocycles. The lowest BCUT2D eigenvalue weighted by Crippen LogP contribution is -2.39. The Balaban J connectivity index is 4.01. The molecule has 0 aliphatic heterocycles. The first kappa shape index (κ1) is 14.4. The van der Waals surface area contributed by atoms with Gasteiger partial charge in [0, 0.05) is 0 Å². The average molecular weight is 215 g/mol. The number of hydrogen-bond donors (Lipinski definition) is 1. The zero-order chi connectivity index (χ0) is 12.0. The summed E-state index contributed by atoms with van der Waals surface area (Å²) in [5.74, 6) is 0.453. The zero-order valence-electron chi connectivity index (χ0n) is 10.6. The third-order valence-electron chi connectivity index (χ3n) is 2.65. The van der Waals surface area contributed by atoms with Gasteiger partial charge < -0.3 is 10.5 Å². The minimum Gasteiger partial charge on any atom is -0.461 e. The second kappa shape index (κ2) is 6.83. The Morgan fingerprint density at radius 2 is 1.80 bits per heavy atom. The van der Waals surface area contributed by atoms with Crippen molar-refractivity contribution < 1.29 is 9.53 Å². The minimum absolute atomic E-state index is 0.0346. The lowest BCUT2D eigenvalue weighted by atomic mass is 10.0. The van der Waals surface area contributed by atoms with Crippen LogP contribution < -0.4 is 5.73 Å². The molecule has 0 saturated heterocycles. The van der Waals surface area contributed by atoms with E-state index >= 15 is 0 Å². The summed E-state index contributed by atoms with van der Waals surface area (Å²) in [7, 11) is 0. The van der Waals surface area contributed by atoms with Gasteiger partial charge in [-0.2, -0.15) is 0 Å². The largest absolute Gasteiger partial charge is 0.461 e. The highest BCUT2D eigenvalue weighted by Gasteiger charge is 2.22. The molecule has 0 saturated carbocycles. The van der Waals surface area contributed by atoms with Gasteiger partial charge >= 0.3 is 5.97 Å². The van der Waals surface area contributed by atoms with E-state index in [1.807, 2.05) is 20.8 Å². The summed E-state index contributed by atoms with van der Waals surface area (Å²) in [6.07, 6.45) is 1.75.